The van der Waals surface area contributed by atoms with E-state index in [2.05, 4.69) is 43.9 Å². The highest BCUT2D eigenvalue weighted by Crippen LogP contribution is 2.24. The van der Waals surface area contributed by atoms with Crippen molar-refractivity contribution in [2.75, 3.05) is 31.1 Å². The molecule has 4 rings (SSSR count). The molecule has 142 valence electrons. The SMILES string of the molecule is CC(C)N1CCN(c2ncnc3c2nnn3Cc2c(F)cccc2Cl)CC1. The van der Waals surface area contributed by atoms with E-state index in [0.29, 0.717) is 27.8 Å². The van der Waals surface area contributed by atoms with Gasteiger partial charge in [0.1, 0.15) is 12.1 Å². The molecule has 0 atom stereocenters. The van der Waals surface area contributed by atoms with Gasteiger partial charge in [0.2, 0.25) is 0 Å². The Hall–Kier alpha value is -2.32. The zero-order chi connectivity index (χ0) is 19.0. The Morgan fingerprint density at radius 1 is 1.15 bits per heavy atom. The van der Waals surface area contributed by atoms with Crippen molar-refractivity contribution in [2.45, 2.75) is 26.4 Å². The smallest absolute Gasteiger partial charge is 0.184 e. The van der Waals surface area contributed by atoms with Crippen LogP contribution in [0.1, 0.15) is 19.4 Å². The molecule has 2 aromatic heterocycles. The summed E-state index contributed by atoms with van der Waals surface area (Å²) in [6.45, 7) is 8.27. The summed E-state index contributed by atoms with van der Waals surface area (Å²) < 4.78 is 15.7. The molecule has 0 spiro atoms. The molecule has 0 radical (unpaired) electrons. The number of rotatable bonds is 4. The van der Waals surface area contributed by atoms with Gasteiger partial charge in [0.15, 0.2) is 17.0 Å². The summed E-state index contributed by atoms with van der Waals surface area (Å²) >= 11 is 6.14. The number of halogens is 2. The van der Waals surface area contributed by atoms with E-state index in [1.54, 1.807) is 16.8 Å². The molecule has 0 saturated carbocycles. The lowest BCUT2D eigenvalue weighted by molar-refractivity contribution is 0.209. The summed E-state index contributed by atoms with van der Waals surface area (Å²) in [5, 5.41) is 8.80. The first kappa shape index (κ1) is 18.1. The van der Waals surface area contributed by atoms with E-state index in [0.717, 1.165) is 32.0 Å². The van der Waals surface area contributed by atoms with Crippen LogP contribution in [-0.2, 0) is 6.54 Å². The molecular weight excluding hydrogens is 369 g/mol. The van der Waals surface area contributed by atoms with Gasteiger partial charge in [-0.3, -0.25) is 4.90 Å². The lowest BCUT2D eigenvalue weighted by Gasteiger charge is -2.37. The van der Waals surface area contributed by atoms with Crippen LogP contribution < -0.4 is 4.90 Å². The average Bonchev–Trinajstić information content (AvgIpc) is 3.08. The van der Waals surface area contributed by atoms with Crippen molar-refractivity contribution in [1.29, 1.82) is 0 Å². The van der Waals surface area contributed by atoms with Crippen molar-refractivity contribution in [2.24, 2.45) is 0 Å². The maximum atomic E-state index is 14.1. The zero-order valence-corrected chi connectivity index (χ0v) is 16.1. The minimum atomic E-state index is -0.370. The molecule has 3 aromatic rings. The van der Waals surface area contributed by atoms with E-state index in [1.807, 2.05) is 0 Å². The molecule has 9 heteroatoms. The predicted molar refractivity (Wildman–Crippen MR) is 103 cm³/mol. The Bertz CT molecular complexity index is 930. The van der Waals surface area contributed by atoms with Crippen LogP contribution in [-0.4, -0.2) is 62.1 Å². The van der Waals surface area contributed by atoms with Crippen LogP contribution in [0.25, 0.3) is 11.2 Å². The fraction of sp³-hybridized carbons (Fsp3) is 0.444. The second-order valence-electron chi connectivity index (χ2n) is 6.93. The fourth-order valence-electron chi connectivity index (χ4n) is 3.40. The number of piperazine rings is 1. The molecule has 1 fully saturated rings. The van der Waals surface area contributed by atoms with Gasteiger partial charge in [-0.1, -0.05) is 22.9 Å². The number of hydrogen-bond donors (Lipinski definition) is 0. The van der Waals surface area contributed by atoms with Crippen molar-refractivity contribution in [3.63, 3.8) is 0 Å². The summed E-state index contributed by atoms with van der Waals surface area (Å²) in [7, 11) is 0. The van der Waals surface area contributed by atoms with Crippen molar-refractivity contribution in [1.82, 2.24) is 29.9 Å². The van der Waals surface area contributed by atoms with Crippen molar-refractivity contribution < 1.29 is 4.39 Å². The number of aromatic nitrogens is 5. The van der Waals surface area contributed by atoms with Crippen LogP contribution in [0, 0.1) is 5.82 Å². The maximum Gasteiger partial charge on any atom is 0.184 e. The predicted octanol–water partition coefficient (Wildman–Crippen LogP) is 2.59. The third kappa shape index (κ3) is 3.46. The van der Waals surface area contributed by atoms with Gasteiger partial charge in [-0.25, -0.2) is 19.0 Å². The highest BCUT2D eigenvalue weighted by Gasteiger charge is 2.23. The average molecular weight is 390 g/mol. The van der Waals surface area contributed by atoms with Gasteiger partial charge in [0, 0.05) is 42.8 Å². The Balaban J connectivity index is 1.63. The highest BCUT2D eigenvalue weighted by molar-refractivity contribution is 6.31. The standard InChI is InChI=1S/C18H21ClFN7/c1-12(2)25-6-8-26(9-7-25)17-16-18(22-11-21-17)27(24-23-16)10-13-14(19)4-3-5-15(13)20/h3-5,11-12H,6-10H2,1-2H3. The third-order valence-electron chi connectivity index (χ3n) is 4.99. The molecule has 1 aliphatic rings. The largest absolute Gasteiger partial charge is 0.352 e. The van der Waals surface area contributed by atoms with Crippen LogP contribution in [0.3, 0.4) is 0 Å². The fourth-order valence-corrected chi connectivity index (χ4v) is 3.62. The van der Waals surface area contributed by atoms with E-state index < -0.39 is 0 Å². The topological polar surface area (TPSA) is 63.0 Å². The zero-order valence-electron chi connectivity index (χ0n) is 15.3. The van der Waals surface area contributed by atoms with Crippen LogP contribution in [0.5, 0.6) is 0 Å². The Morgan fingerprint density at radius 2 is 1.93 bits per heavy atom. The third-order valence-corrected chi connectivity index (χ3v) is 5.35. The minimum Gasteiger partial charge on any atom is -0.352 e. The molecule has 0 bridgehead atoms. The molecule has 0 aliphatic carbocycles. The molecule has 0 amide bonds. The normalized spacial score (nSPS) is 15.8. The van der Waals surface area contributed by atoms with Crippen LogP contribution >= 0.6 is 11.6 Å². The monoisotopic (exact) mass is 389 g/mol. The highest BCUT2D eigenvalue weighted by atomic mass is 35.5. The Kier molecular flexibility index (Phi) is 4.92. The van der Waals surface area contributed by atoms with E-state index in [9.17, 15) is 4.39 Å². The molecule has 1 saturated heterocycles. The van der Waals surface area contributed by atoms with Crippen molar-refractivity contribution in [3.05, 3.63) is 40.9 Å². The number of benzene rings is 1. The van der Waals surface area contributed by atoms with Gasteiger partial charge < -0.3 is 4.90 Å². The minimum absolute atomic E-state index is 0.166. The van der Waals surface area contributed by atoms with Gasteiger partial charge in [-0.15, -0.1) is 5.10 Å². The summed E-state index contributed by atoms with van der Waals surface area (Å²) in [4.78, 5) is 13.4. The lowest BCUT2D eigenvalue weighted by Crippen LogP contribution is -2.49. The molecule has 0 N–H and O–H groups in total. The van der Waals surface area contributed by atoms with E-state index in [-0.39, 0.29) is 12.4 Å². The first-order chi connectivity index (χ1) is 13.0. The number of anilines is 1. The van der Waals surface area contributed by atoms with Gasteiger partial charge in [0.25, 0.3) is 0 Å². The molecule has 1 aliphatic heterocycles. The van der Waals surface area contributed by atoms with Gasteiger partial charge in [-0.2, -0.15) is 0 Å². The van der Waals surface area contributed by atoms with E-state index >= 15 is 0 Å². The Morgan fingerprint density at radius 3 is 2.63 bits per heavy atom. The first-order valence-electron chi connectivity index (χ1n) is 9.00. The number of nitrogens with zero attached hydrogens (tertiary/aromatic N) is 7. The van der Waals surface area contributed by atoms with Gasteiger partial charge in [0.05, 0.1) is 6.54 Å². The van der Waals surface area contributed by atoms with Crippen LogP contribution in [0.15, 0.2) is 24.5 Å². The lowest BCUT2D eigenvalue weighted by atomic mass is 10.2. The maximum absolute atomic E-state index is 14.1. The van der Waals surface area contributed by atoms with Crippen LogP contribution in [0.2, 0.25) is 5.02 Å². The molecule has 7 nitrogen and oxygen atoms in total. The molecule has 27 heavy (non-hydrogen) atoms. The Labute approximate surface area is 161 Å². The number of hydrogen-bond acceptors (Lipinski definition) is 6. The summed E-state index contributed by atoms with van der Waals surface area (Å²) in [5.74, 6) is 0.402. The molecule has 0 unspecified atom stereocenters. The summed E-state index contributed by atoms with van der Waals surface area (Å²) in [5.41, 5.74) is 1.57. The first-order valence-corrected chi connectivity index (χ1v) is 9.38. The molecular formula is C18H21ClFN7. The summed E-state index contributed by atoms with van der Waals surface area (Å²) in [6, 6.07) is 5.16. The second kappa shape index (κ2) is 7.36. The quantitative estimate of drug-likeness (QED) is 0.683. The molecule has 1 aromatic carbocycles. The van der Waals surface area contributed by atoms with Gasteiger partial charge >= 0.3 is 0 Å². The van der Waals surface area contributed by atoms with Crippen LogP contribution in [0.4, 0.5) is 10.2 Å². The van der Waals surface area contributed by atoms with E-state index in [4.69, 9.17) is 11.6 Å². The summed E-state index contributed by atoms with van der Waals surface area (Å²) in [6.07, 6.45) is 1.51. The molecule has 3 heterocycles. The van der Waals surface area contributed by atoms with E-state index in [1.165, 1.54) is 12.4 Å². The second-order valence-corrected chi connectivity index (χ2v) is 7.34. The van der Waals surface area contributed by atoms with Crippen molar-refractivity contribution >= 4 is 28.6 Å². The van der Waals surface area contributed by atoms with Crippen molar-refractivity contribution in [3.8, 4) is 0 Å². The number of fused-ring (bicyclic) bond motifs is 1. The van der Waals surface area contributed by atoms with Gasteiger partial charge in [-0.05, 0) is 26.0 Å².